The van der Waals surface area contributed by atoms with Crippen molar-refractivity contribution in [3.63, 3.8) is 0 Å². The lowest BCUT2D eigenvalue weighted by molar-refractivity contribution is 0.509. The molecule has 0 spiro atoms. The van der Waals surface area contributed by atoms with Crippen LogP contribution in [0.3, 0.4) is 0 Å². The molecule has 0 amide bonds. The molecule has 0 aliphatic carbocycles. The molecule has 0 saturated heterocycles. The van der Waals surface area contributed by atoms with Gasteiger partial charge in [-0.15, -0.1) is 5.10 Å². The second kappa shape index (κ2) is 7.23. The highest BCUT2D eigenvalue weighted by molar-refractivity contribution is 5.64. The number of aryl methyl sites for hydroxylation is 2. The largest absolute Gasteiger partial charge is 0.350 e. The van der Waals surface area contributed by atoms with E-state index in [4.69, 9.17) is 0 Å². The number of hydrogen-bond acceptors (Lipinski definition) is 5. The second-order valence-corrected chi connectivity index (χ2v) is 7.79. The molecule has 1 aliphatic heterocycles. The highest BCUT2D eigenvalue weighted by atomic mass is 19.2. The van der Waals surface area contributed by atoms with Crippen LogP contribution in [-0.4, -0.2) is 26.1 Å². The molecule has 0 saturated carbocycles. The number of nitrogens with zero attached hydrogens (tertiary/aromatic N) is 5. The molecule has 1 aromatic carbocycles. The number of aromatic nitrogens is 4. The Morgan fingerprint density at radius 3 is 2.65 bits per heavy atom. The van der Waals surface area contributed by atoms with Crippen LogP contribution in [0.2, 0.25) is 0 Å². The van der Waals surface area contributed by atoms with Gasteiger partial charge in [0.2, 0.25) is 0 Å². The fraction of sp³-hybridized carbons (Fsp3) is 0.217. The van der Waals surface area contributed by atoms with E-state index in [0.717, 1.165) is 28.5 Å². The van der Waals surface area contributed by atoms with E-state index in [0.29, 0.717) is 42.2 Å². The van der Waals surface area contributed by atoms with Gasteiger partial charge in [-0.05, 0) is 54.8 Å². The smallest absolute Gasteiger partial charge is 0.274 e. The molecule has 31 heavy (non-hydrogen) atoms. The zero-order valence-electron chi connectivity index (χ0n) is 17.1. The minimum atomic E-state index is -0.887. The van der Waals surface area contributed by atoms with Gasteiger partial charge in [0.25, 0.3) is 5.56 Å². The fourth-order valence-corrected chi connectivity index (χ4v) is 3.99. The van der Waals surface area contributed by atoms with Crippen LogP contribution in [0.15, 0.2) is 47.4 Å². The lowest BCUT2D eigenvalue weighted by atomic mass is 10.00. The molecule has 0 atom stereocenters. The maximum atomic E-state index is 13.7. The van der Waals surface area contributed by atoms with Crippen molar-refractivity contribution in [1.82, 2.24) is 19.6 Å². The zero-order chi connectivity index (χ0) is 21.7. The first-order valence-electron chi connectivity index (χ1n) is 9.95. The first kappa shape index (κ1) is 19.3. The van der Waals surface area contributed by atoms with Gasteiger partial charge in [-0.1, -0.05) is 6.07 Å². The highest BCUT2D eigenvalue weighted by Crippen LogP contribution is 2.28. The van der Waals surface area contributed by atoms with Gasteiger partial charge in [0, 0.05) is 48.7 Å². The van der Waals surface area contributed by atoms with Gasteiger partial charge >= 0.3 is 0 Å². The van der Waals surface area contributed by atoms with Crippen molar-refractivity contribution in [2.45, 2.75) is 26.8 Å². The Balaban J connectivity index is 1.52. The van der Waals surface area contributed by atoms with Gasteiger partial charge in [-0.2, -0.15) is 4.52 Å². The van der Waals surface area contributed by atoms with E-state index in [-0.39, 0.29) is 5.56 Å². The fourth-order valence-electron chi connectivity index (χ4n) is 3.99. The molecule has 6 nitrogen and oxygen atoms in total. The Bertz CT molecular complexity index is 1400. The SMILES string of the molecule is Cc1cc(=O)n2nc(N3CCc4ncc(-c5ccc(F)c(F)c5)cc4C3)c(C)cc2n1. The number of pyridine rings is 1. The van der Waals surface area contributed by atoms with Crippen molar-refractivity contribution in [2.75, 3.05) is 11.4 Å². The number of benzene rings is 1. The van der Waals surface area contributed by atoms with E-state index in [9.17, 15) is 13.6 Å². The van der Waals surface area contributed by atoms with E-state index in [1.165, 1.54) is 16.6 Å². The topological polar surface area (TPSA) is 63.4 Å². The molecule has 4 heterocycles. The number of rotatable bonds is 2. The predicted octanol–water partition coefficient (Wildman–Crippen LogP) is 3.61. The van der Waals surface area contributed by atoms with E-state index in [1.54, 1.807) is 19.2 Å². The van der Waals surface area contributed by atoms with Gasteiger partial charge in [-0.3, -0.25) is 9.78 Å². The van der Waals surface area contributed by atoms with Crippen LogP contribution < -0.4 is 10.5 Å². The van der Waals surface area contributed by atoms with Crippen LogP contribution in [0, 0.1) is 25.5 Å². The number of anilines is 1. The lowest BCUT2D eigenvalue weighted by Gasteiger charge is -2.30. The summed E-state index contributed by atoms with van der Waals surface area (Å²) in [5.41, 5.74) is 5.12. The summed E-state index contributed by atoms with van der Waals surface area (Å²) in [6.45, 7) is 4.98. The summed E-state index contributed by atoms with van der Waals surface area (Å²) in [6, 6.07) is 9.11. The monoisotopic (exact) mass is 419 g/mol. The first-order valence-corrected chi connectivity index (χ1v) is 9.95. The van der Waals surface area contributed by atoms with Gasteiger partial charge in [-0.25, -0.2) is 13.8 Å². The predicted molar refractivity (Wildman–Crippen MR) is 113 cm³/mol. The molecule has 5 rings (SSSR count). The first-order chi connectivity index (χ1) is 14.9. The Morgan fingerprint density at radius 2 is 1.84 bits per heavy atom. The average molecular weight is 419 g/mol. The van der Waals surface area contributed by atoms with Crippen molar-refractivity contribution in [2.24, 2.45) is 0 Å². The molecule has 156 valence electrons. The van der Waals surface area contributed by atoms with Crippen molar-refractivity contribution in [1.29, 1.82) is 0 Å². The standard InChI is InChI=1S/C23H19F2N5O/c1-13-7-21-27-14(2)8-22(31)30(21)28-23(13)29-6-5-20-17(12-29)9-16(11-26-20)15-3-4-18(24)19(25)10-15/h3-4,7-11H,5-6,12H2,1-2H3. The van der Waals surface area contributed by atoms with Crippen molar-refractivity contribution in [3.05, 3.63) is 87.1 Å². The maximum Gasteiger partial charge on any atom is 0.274 e. The van der Waals surface area contributed by atoms with Gasteiger partial charge in [0.05, 0.1) is 0 Å². The second-order valence-electron chi connectivity index (χ2n) is 7.79. The lowest BCUT2D eigenvalue weighted by Crippen LogP contribution is -2.33. The van der Waals surface area contributed by atoms with Crippen LogP contribution in [-0.2, 0) is 13.0 Å². The third-order valence-electron chi connectivity index (χ3n) is 5.53. The van der Waals surface area contributed by atoms with Gasteiger partial charge in [0.15, 0.2) is 23.1 Å². The molecular formula is C23H19F2N5O. The van der Waals surface area contributed by atoms with Gasteiger partial charge < -0.3 is 4.90 Å². The maximum absolute atomic E-state index is 13.7. The van der Waals surface area contributed by atoms with Crippen molar-refractivity contribution < 1.29 is 8.78 Å². The van der Waals surface area contributed by atoms with Gasteiger partial charge in [0.1, 0.15) is 0 Å². The molecule has 1 aliphatic rings. The van der Waals surface area contributed by atoms with Crippen LogP contribution in [0.5, 0.6) is 0 Å². The summed E-state index contributed by atoms with van der Waals surface area (Å²) in [4.78, 5) is 23.4. The molecule has 0 unspecified atom stereocenters. The Labute approximate surface area is 176 Å². The van der Waals surface area contributed by atoms with E-state index in [1.807, 2.05) is 19.1 Å². The summed E-state index contributed by atoms with van der Waals surface area (Å²) in [5, 5.41) is 4.57. The Hall–Kier alpha value is -3.68. The number of hydrogen-bond donors (Lipinski definition) is 0. The zero-order valence-corrected chi connectivity index (χ0v) is 17.1. The molecule has 0 N–H and O–H groups in total. The van der Waals surface area contributed by atoms with E-state index < -0.39 is 11.6 Å². The van der Waals surface area contributed by atoms with E-state index in [2.05, 4.69) is 20.0 Å². The molecule has 0 radical (unpaired) electrons. The normalized spacial score (nSPS) is 13.5. The Kier molecular flexibility index (Phi) is 4.50. The van der Waals surface area contributed by atoms with Crippen LogP contribution in [0.1, 0.15) is 22.5 Å². The highest BCUT2D eigenvalue weighted by Gasteiger charge is 2.22. The molecule has 8 heteroatoms. The molecule has 4 aromatic rings. The molecule has 3 aromatic heterocycles. The number of halogens is 2. The quantitative estimate of drug-likeness (QED) is 0.497. The summed E-state index contributed by atoms with van der Waals surface area (Å²) in [6.07, 6.45) is 2.40. The van der Waals surface area contributed by atoms with Crippen molar-refractivity contribution >= 4 is 11.5 Å². The van der Waals surface area contributed by atoms with Crippen LogP contribution >= 0.6 is 0 Å². The minimum absolute atomic E-state index is 0.219. The minimum Gasteiger partial charge on any atom is -0.350 e. The van der Waals surface area contributed by atoms with E-state index >= 15 is 0 Å². The summed E-state index contributed by atoms with van der Waals surface area (Å²) in [7, 11) is 0. The third-order valence-corrected chi connectivity index (χ3v) is 5.53. The molecule has 0 bridgehead atoms. The summed E-state index contributed by atoms with van der Waals surface area (Å²) < 4.78 is 28.3. The van der Waals surface area contributed by atoms with Crippen LogP contribution in [0.4, 0.5) is 14.6 Å². The summed E-state index contributed by atoms with van der Waals surface area (Å²) in [5.74, 6) is -1.05. The molecular weight excluding hydrogens is 400 g/mol. The average Bonchev–Trinajstić information content (AvgIpc) is 2.74. The third kappa shape index (κ3) is 3.43. The van der Waals surface area contributed by atoms with Crippen LogP contribution in [0.25, 0.3) is 16.8 Å². The Morgan fingerprint density at radius 1 is 1.00 bits per heavy atom. The summed E-state index contributed by atoms with van der Waals surface area (Å²) >= 11 is 0. The van der Waals surface area contributed by atoms with Crippen molar-refractivity contribution in [3.8, 4) is 11.1 Å². The number of fused-ring (bicyclic) bond motifs is 2. The molecule has 0 fully saturated rings.